The van der Waals surface area contributed by atoms with E-state index in [1.165, 1.54) is 12.7 Å². The highest BCUT2D eigenvalue weighted by molar-refractivity contribution is 6.30. The summed E-state index contributed by atoms with van der Waals surface area (Å²) >= 11 is 6.08. The average Bonchev–Trinajstić information content (AvgIpc) is 3.30. The summed E-state index contributed by atoms with van der Waals surface area (Å²) in [5.41, 5.74) is 1.78. The van der Waals surface area contributed by atoms with E-state index < -0.39 is 17.1 Å². The minimum Gasteiger partial charge on any atom is -0.469 e. The Morgan fingerprint density at radius 1 is 1.14 bits per heavy atom. The van der Waals surface area contributed by atoms with Crippen molar-refractivity contribution in [2.75, 3.05) is 7.11 Å². The Hall–Kier alpha value is -3.12. The van der Waals surface area contributed by atoms with Crippen molar-refractivity contribution in [1.29, 1.82) is 0 Å². The first-order valence-corrected chi connectivity index (χ1v) is 12.6. The molecule has 0 N–H and O–H groups in total. The molecule has 0 aliphatic carbocycles. The molecule has 190 valence electrons. The number of hydrogen-bond acceptors (Lipinski definition) is 5. The van der Waals surface area contributed by atoms with Crippen LogP contribution < -0.4 is 0 Å². The molecule has 36 heavy (non-hydrogen) atoms. The van der Waals surface area contributed by atoms with Crippen molar-refractivity contribution in [3.05, 3.63) is 82.4 Å². The number of amides is 1. The van der Waals surface area contributed by atoms with Crippen LogP contribution in [0.1, 0.15) is 43.9 Å². The molecule has 0 spiro atoms. The topological polar surface area (TPSA) is 68.2 Å². The number of carbonyl (C=O) groups is 2. The van der Waals surface area contributed by atoms with E-state index in [-0.39, 0.29) is 18.1 Å². The molecule has 4 rings (SSSR count). The van der Waals surface area contributed by atoms with Gasteiger partial charge in [0.05, 0.1) is 18.6 Å². The largest absolute Gasteiger partial charge is 0.469 e. The van der Waals surface area contributed by atoms with Gasteiger partial charge in [-0.3, -0.25) is 9.79 Å². The van der Waals surface area contributed by atoms with Gasteiger partial charge >= 0.3 is 12.1 Å². The standard InChI is InChI=1S/C29H33ClN2O4/c1-28(2,3)36-27(34)32-19-22-9-6-5-8-21(22)17-24(32)18-29(14-7-15-31-29)25(26(33)35-4)16-20-10-12-23(30)13-11-20/h5-15,24-25H,16-19H2,1-4H3. The van der Waals surface area contributed by atoms with E-state index in [1.54, 1.807) is 11.1 Å². The zero-order valence-electron chi connectivity index (χ0n) is 21.2. The molecule has 3 atom stereocenters. The first-order valence-electron chi connectivity index (χ1n) is 12.2. The van der Waals surface area contributed by atoms with E-state index in [1.807, 2.05) is 75.4 Å². The Bertz CT molecular complexity index is 1150. The number of ether oxygens (including phenoxy) is 2. The van der Waals surface area contributed by atoms with Gasteiger partial charge in [0, 0.05) is 23.8 Å². The van der Waals surface area contributed by atoms with Gasteiger partial charge in [0.15, 0.2) is 0 Å². The summed E-state index contributed by atoms with van der Waals surface area (Å²) < 4.78 is 11.0. The summed E-state index contributed by atoms with van der Waals surface area (Å²) in [5, 5.41) is 0.635. The molecule has 0 bridgehead atoms. The Kier molecular flexibility index (Phi) is 7.55. The molecule has 2 heterocycles. The molecule has 1 amide bonds. The smallest absolute Gasteiger partial charge is 0.410 e. The maximum atomic E-state index is 13.3. The van der Waals surface area contributed by atoms with Gasteiger partial charge in [0.1, 0.15) is 5.60 Å². The van der Waals surface area contributed by atoms with Crippen molar-refractivity contribution in [3.8, 4) is 0 Å². The van der Waals surface area contributed by atoms with E-state index in [2.05, 4.69) is 6.07 Å². The summed E-state index contributed by atoms with van der Waals surface area (Å²) in [6.07, 6.45) is 6.74. The van der Waals surface area contributed by atoms with Gasteiger partial charge in [0.2, 0.25) is 0 Å². The Labute approximate surface area is 217 Å². The number of halogens is 1. The van der Waals surface area contributed by atoms with Gasteiger partial charge in [0.25, 0.3) is 0 Å². The number of carbonyl (C=O) groups excluding carboxylic acids is 2. The molecule has 3 unspecified atom stereocenters. The third-order valence-corrected chi connectivity index (χ3v) is 7.03. The van der Waals surface area contributed by atoms with Gasteiger partial charge in [-0.05, 0) is 74.9 Å². The lowest BCUT2D eigenvalue weighted by Crippen LogP contribution is -2.52. The molecule has 2 aliphatic rings. The fraction of sp³-hybridized carbons (Fsp3) is 0.414. The Morgan fingerprint density at radius 3 is 2.44 bits per heavy atom. The zero-order chi connectivity index (χ0) is 25.9. The highest BCUT2D eigenvalue weighted by atomic mass is 35.5. The predicted molar refractivity (Wildman–Crippen MR) is 141 cm³/mol. The lowest BCUT2D eigenvalue weighted by atomic mass is 9.74. The van der Waals surface area contributed by atoms with Gasteiger partial charge in [-0.2, -0.15) is 0 Å². The molecule has 2 aromatic carbocycles. The summed E-state index contributed by atoms with van der Waals surface area (Å²) in [5.74, 6) is -0.912. The predicted octanol–water partition coefficient (Wildman–Crippen LogP) is 5.80. The van der Waals surface area contributed by atoms with Crippen molar-refractivity contribution in [2.24, 2.45) is 10.9 Å². The van der Waals surface area contributed by atoms with E-state index >= 15 is 0 Å². The first-order chi connectivity index (χ1) is 17.1. The number of esters is 1. The molecular formula is C29H33ClN2O4. The van der Waals surface area contributed by atoms with Gasteiger partial charge in [-0.25, -0.2) is 4.79 Å². The van der Waals surface area contributed by atoms with Crippen LogP contribution in [-0.2, 0) is 33.7 Å². The normalized spacial score (nSPS) is 21.7. The molecule has 6 nitrogen and oxygen atoms in total. The van der Waals surface area contributed by atoms with E-state index in [9.17, 15) is 9.59 Å². The zero-order valence-corrected chi connectivity index (χ0v) is 22.0. The third-order valence-electron chi connectivity index (χ3n) is 6.77. The molecule has 7 heteroatoms. The molecule has 0 aromatic heterocycles. The van der Waals surface area contributed by atoms with Crippen molar-refractivity contribution in [2.45, 2.75) is 63.8 Å². The maximum absolute atomic E-state index is 13.3. The first kappa shape index (κ1) is 26.0. The Morgan fingerprint density at radius 2 is 1.83 bits per heavy atom. The number of fused-ring (bicyclic) bond motifs is 1. The van der Waals surface area contributed by atoms with Crippen LogP contribution in [0.5, 0.6) is 0 Å². The number of benzene rings is 2. The van der Waals surface area contributed by atoms with Crippen LogP contribution in [0.2, 0.25) is 5.02 Å². The van der Waals surface area contributed by atoms with Crippen LogP contribution in [0.4, 0.5) is 4.79 Å². The van der Waals surface area contributed by atoms with E-state index in [0.29, 0.717) is 30.8 Å². The summed E-state index contributed by atoms with van der Waals surface area (Å²) in [6.45, 7) is 6.04. The minimum atomic E-state index is -0.857. The lowest BCUT2D eigenvalue weighted by Gasteiger charge is -2.42. The van der Waals surface area contributed by atoms with Gasteiger partial charge in [-0.15, -0.1) is 0 Å². The molecular weight excluding hydrogens is 476 g/mol. The molecule has 2 aliphatic heterocycles. The van der Waals surface area contributed by atoms with Crippen LogP contribution in [0.3, 0.4) is 0 Å². The second kappa shape index (κ2) is 10.5. The summed E-state index contributed by atoms with van der Waals surface area (Å²) in [4.78, 5) is 33.1. The second-order valence-electron chi connectivity index (χ2n) is 10.5. The van der Waals surface area contributed by atoms with Crippen LogP contribution in [0.25, 0.3) is 0 Å². The molecule has 0 radical (unpaired) electrons. The Balaban J connectivity index is 1.69. The highest BCUT2D eigenvalue weighted by Gasteiger charge is 2.47. The van der Waals surface area contributed by atoms with E-state index in [0.717, 1.165) is 11.1 Å². The van der Waals surface area contributed by atoms with Crippen LogP contribution >= 0.6 is 11.6 Å². The van der Waals surface area contributed by atoms with E-state index in [4.69, 9.17) is 26.1 Å². The monoisotopic (exact) mass is 508 g/mol. The number of nitrogens with zero attached hydrogens (tertiary/aromatic N) is 2. The van der Waals surface area contributed by atoms with Gasteiger partial charge < -0.3 is 14.4 Å². The number of aliphatic imine (C=N–C) groups is 1. The van der Waals surface area contributed by atoms with Crippen molar-refractivity contribution in [1.82, 2.24) is 4.90 Å². The molecule has 0 saturated heterocycles. The SMILES string of the molecule is COC(=O)C(Cc1ccc(Cl)cc1)C1(CC2Cc3ccccc3CN2C(=O)OC(C)(C)C)C=CC=N1. The average molecular weight is 509 g/mol. The van der Waals surface area contributed by atoms with Crippen LogP contribution in [-0.4, -0.2) is 47.5 Å². The quantitative estimate of drug-likeness (QED) is 0.462. The number of rotatable bonds is 6. The minimum absolute atomic E-state index is 0.216. The van der Waals surface area contributed by atoms with Crippen molar-refractivity contribution < 1.29 is 19.1 Å². The fourth-order valence-corrected chi connectivity index (χ4v) is 5.17. The lowest BCUT2D eigenvalue weighted by molar-refractivity contribution is -0.147. The molecule has 0 saturated carbocycles. The maximum Gasteiger partial charge on any atom is 0.410 e. The number of hydrogen-bond donors (Lipinski definition) is 0. The highest BCUT2D eigenvalue weighted by Crippen LogP contribution is 2.39. The third kappa shape index (κ3) is 5.81. The van der Waals surface area contributed by atoms with Crippen LogP contribution in [0, 0.1) is 5.92 Å². The van der Waals surface area contributed by atoms with Crippen molar-refractivity contribution >= 4 is 29.9 Å². The number of allylic oxidation sites excluding steroid dienone is 1. The molecule has 0 fully saturated rings. The summed E-state index contributed by atoms with van der Waals surface area (Å²) in [7, 11) is 1.40. The summed E-state index contributed by atoms with van der Waals surface area (Å²) in [6, 6.07) is 15.4. The van der Waals surface area contributed by atoms with Crippen LogP contribution in [0.15, 0.2) is 65.7 Å². The second-order valence-corrected chi connectivity index (χ2v) is 10.9. The fourth-order valence-electron chi connectivity index (χ4n) is 5.05. The molecule has 2 aromatic rings. The number of methoxy groups -OCH3 is 1. The van der Waals surface area contributed by atoms with Gasteiger partial charge in [-0.1, -0.05) is 54.1 Å². The van der Waals surface area contributed by atoms with Crippen molar-refractivity contribution in [3.63, 3.8) is 0 Å².